The predicted octanol–water partition coefficient (Wildman–Crippen LogP) is 2.11. The predicted molar refractivity (Wildman–Crippen MR) is 89.5 cm³/mol. The summed E-state index contributed by atoms with van der Waals surface area (Å²) in [6.07, 6.45) is 0.646. The number of carbonyl (C=O) groups excluding carboxylic acids is 2. The zero-order chi connectivity index (χ0) is 17.9. The van der Waals surface area contributed by atoms with Crippen LogP contribution < -0.4 is 10.1 Å². The Balaban J connectivity index is 1.59. The summed E-state index contributed by atoms with van der Waals surface area (Å²) in [5.41, 5.74) is 0.215. The number of alkyl halides is 1. The molecule has 0 spiro atoms. The SMILES string of the molecule is COc1cc([N+](=O)[O-])ccc1NC(=O)[C@@H]1[C@H]2C[C@H]3[C@H](OC(=O)[C@@H]31)[C@H]2Br. The molecule has 1 aromatic rings. The first-order chi connectivity index (χ1) is 11.9. The second-order valence-corrected chi connectivity index (χ2v) is 7.65. The molecule has 132 valence electrons. The van der Waals surface area contributed by atoms with Crippen LogP contribution in [0, 0.1) is 33.8 Å². The van der Waals surface area contributed by atoms with Gasteiger partial charge in [-0.1, -0.05) is 15.9 Å². The molecule has 8 nitrogen and oxygen atoms in total. The zero-order valence-corrected chi connectivity index (χ0v) is 14.8. The average molecular weight is 411 g/mol. The monoisotopic (exact) mass is 410 g/mol. The van der Waals surface area contributed by atoms with Gasteiger partial charge in [0.25, 0.3) is 5.69 Å². The van der Waals surface area contributed by atoms with Crippen LogP contribution in [-0.2, 0) is 14.3 Å². The van der Waals surface area contributed by atoms with Crippen molar-refractivity contribution in [3.05, 3.63) is 28.3 Å². The van der Waals surface area contributed by atoms with E-state index in [1.165, 1.54) is 25.3 Å². The number of fused-ring (bicyclic) bond motifs is 1. The van der Waals surface area contributed by atoms with Crippen molar-refractivity contribution in [3.8, 4) is 5.75 Å². The number of ether oxygens (including phenoxy) is 2. The van der Waals surface area contributed by atoms with Crippen molar-refractivity contribution >= 4 is 39.2 Å². The summed E-state index contributed by atoms with van der Waals surface area (Å²) in [6, 6.07) is 3.99. The number of nitrogens with zero attached hydrogens (tertiary/aromatic N) is 1. The first-order valence-corrected chi connectivity index (χ1v) is 8.81. The summed E-state index contributed by atoms with van der Waals surface area (Å²) >= 11 is 3.57. The van der Waals surface area contributed by atoms with Crippen LogP contribution in [0.3, 0.4) is 0 Å². The third-order valence-corrected chi connectivity index (χ3v) is 6.68. The molecular weight excluding hydrogens is 396 g/mol. The molecule has 25 heavy (non-hydrogen) atoms. The molecule has 0 aromatic heterocycles. The van der Waals surface area contributed by atoms with Gasteiger partial charge < -0.3 is 14.8 Å². The van der Waals surface area contributed by atoms with Gasteiger partial charge in [-0.3, -0.25) is 19.7 Å². The highest BCUT2D eigenvalue weighted by Crippen LogP contribution is 2.60. The van der Waals surface area contributed by atoms with Crippen LogP contribution in [-0.4, -0.2) is 34.8 Å². The highest BCUT2D eigenvalue weighted by Gasteiger charge is 2.67. The molecule has 3 fully saturated rings. The number of nitro groups is 1. The van der Waals surface area contributed by atoms with E-state index in [0.29, 0.717) is 5.69 Å². The molecule has 3 aliphatic rings. The number of nitro benzene ring substituents is 1. The number of non-ortho nitro benzene ring substituents is 1. The topological polar surface area (TPSA) is 108 Å². The average Bonchev–Trinajstić information content (AvgIpc) is 3.19. The molecule has 4 rings (SSSR count). The van der Waals surface area contributed by atoms with Crippen LogP contribution in [0.15, 0.2) is 18.2 Å². The molecule has 2 aliphatic carbocycles. The fourth-order valence-electron chi connectivity index (χ4n) is 4.44. The van der Waals surface area contributed by atoms with E-state index in [0.717, 1.165) is 6.42 Å². The minimum absolute atomic E-state index is 0.0188. The summed E-state index contributed by atoms with van der Waals surface area (Å²) in [6.45, 7) is 0. The lowest BCUT2D eigenvalue weighted by atomic mass is 9.79. The molecule has 1 aliphatic heterocycles. The highest BCUT2D eigenvalue weighted by atomic mass is 79.9. The molecule has 6 atom stereocenters. The first-order valence-electron chi connectivity index (χ1n) is 7.90. The molecule has 9 heteroatoms. The maximum absolute atomic E-state index is 12.8. The van der Waals surface area contributed by atoms with E-state index in [-0.39, 0.29) is 46.1 Å². The molecule has 0 unspecified atom stereocenters. The van der Waals surface area contributed by atoms with Crippen LogP contribution in [0.2, 0.25) is 0 Å². The van der Waals surface area contributed by atoms with Gasteiger partial charge in [0.15, 0.2) is 0 Å². The number of esters is 1. The number of anilines is 1. The van der Waals surface area contributed by atoms with E-state index < -0.39 is 16.8 Å². The largest absolute Gasteiger partial charge is 0.494 e. The maximum atomic E-state index is 12.8. The van der Waals surface area contributed by atoms with Gasteiger partial charge in [0.05, 0.1) is 40.4 Å². The van der Waals surface area contributed by atoms with Crippen LogP contribution in [0.5, 0.6) is 5.75 Å². The van der Waals surface area contributed by atoms with Gasteiger partial charge >= 0.3 is 5.97 Å². The van der Waals surface area contributed by atoms with Crippen LogP contribution in [0.25, 0.3) is 0 Å². The lowest BCUT2D eigenvalue weighted by Crippen LogP contribution is -2.40. The van der Waals surface area contributed by atoms with E-state index in [1.807, 2.05) is 0 Å². The van der Waals surface area contributed by atoms with E-state index in [2.05, 4.69) is 21.2 Å². The Morgan fingerprint density at radius 3 is 2.88 bits per heavy atom. The van der Waals surface area contributed by atoms with Gasteiger partial charge in [-0.05, 0) is 18.4 Å². The number of halogens is 1. The smallest absolute Gasteiger partial charge is 0.310 e. The third-order valence-electron chi connectivity index (χ3n) is 5.48. The minimum Gasteiger partial charge on any atom is -0.494 e. The van der Waals surface area contributed by atoms with Gasteiger partial charge in [-0.2, -0.15) is 0 Å². The van der Waals surface area contributed by atoms with Crippen molar-refractivity contribution < 1.29 is 24.0 Å². The fraction of sp³-hybridized carbons (Fsp3) is 0.500. The summed E-state index contributed by atoms with van der Waals surface area (Å²) in [5, 5.41) is 13.6. The summed E-state index contributed by atoms with van der Waals surface area (Å²) in [5.74, 6) is -1.16. The maximum Gasteiger partial charge on any atom is 0.310 e. The van der Waals surface area contributed by atoms with E-state index >= 15 is 0 Å². The Labute approximate surface area is 151 Å². The fourth-order valence-corrected chi connectivity index (χ4v) is 5.49. The number of nitrogens with one attached hydrogen (secondary N) is 1. The van der Waals surface area contributed by atoms with E-state index in [4.69, 9.17) is 9.47 Å². The molecule has 1 heterocycles. The summed E-state index contributed by atoms with van der Waals surface area (Å²) in [4.78, 5) is 35.3. The Morgan fingerprint density at radius 1 is 1.44 bits per heavy atom. The number of rotatable bonds is 4. The Morgan fingerprint density at radius 2 is 2.20 bits per heavy atom. The molecule has 1 aromatic carbocycles. The lowest BCUT2D eigenvalue weighted by Gasteiger charge is -2.27. The normalized spacial score (nSPS) is 34.7. The Bertz CT molecular complexity index is 784. The molecule has 1 amide bonds. The number of hydrogen-bond donors (Lipinski definition) is 1. The molecule has 2 bridgehead atoms. The molecular formula is C16H15BrN2O6. The van der Waals surface area contributed by atoms with Crippen molar-refractivity contribution in [2.45, 2.75) is 17.4 Å². The summed E-state index contributed by atoms with van der Waals surface area (Å²) < 4.78 is 10.5. The van der Waals surface area contributed by atoms with Gasteiger partial charge in [-0.25, -0.2) is 0 Å². The van der Waals surface area contributed by atoms with Crippen LogP contribution in [0.1, 0.15) is 6.42 Å². The van der Waals surface area contributed by atoms with Gasteiger partial charge in [0, 0.05) is 12.0 Å². The molecule has 1 saturated heterocycles. The van der Waals surface area contributed by atoms with Gasteiger partial charge in [-0.15, -0.1) is 0 Å². The molecule has 0 radical (unpaired) electrons. The lowest BCUT2D eigenvalue weighted by molar-refractivity contribution is -0.384. The number of methoxy groups -OCH3 is 1. The highest BCUT2D eigenvalue weighted by molar-refractivity contribution is 9.09. The van der Waals surface area contributed by atoms with E-state index in [1.54, 1.807) is 0 Å². The third kappa shape index (κ3) is 2.32. The van der Waals surface area contributed by atoms with Crippen molar-refractivity contribution in [3.63, 3.8) is 0 Å². The second kappa shape index (κ2) is 5.69. The Hall–Kier alpha value is -2.16. The second-order valence-electron chi connectivity index (χ2n) is 6.59. The van der Waals surface area contributed by atoms with Crippen molar-refractivity contribution in [1.82, 2.24) is 0 Å². The number of carbonyl (C=O) groups is 2. The van der Waals surface area contributed by atoms with Gasteiger partial charge in [0.2, 0.25) is 5.91 Å². The first kappa shape index (κ1) is 16.3. The molecule has 1 N–H and O–H groups in total. The van der Waals surface area contributed by atoms with E-state index in [9.17, 15) is 19.7 Å². The number of hydrogen-bond acceptors (Lipinski definition) is 6. The van der Waals surface area contributed by atoms with Crippen LogP contribution >= 0.6 is 15.9 Å². The summed E-state index contributed by atoms with van der Waals surface area (Å²) in [7, 11) is 1.37. The number of benzene rings is 1. The minimum atomic E-state index is -0.534. The van der Waals surface area contributed by atoms with Crippen molar-refractivity contribution in [2.24, 2.45) is 23.7 Å². The Kier molecular flexibility index (Phi) is 3.71. The van der Waals surface area contributed by atoms with Gasteiger partial charge in [0.1, 0.15) is 11.9 Å². The number of amides is 1. The zero-order valence-electron chi connectivity index (χ0n) is 13.2. The van der Waals surface area contributed by atoms with Crippen LogP contribution in [0.4, 0.5) is 11.4 Å². The quantitative estimate of drug-likeness (QED) is 0.352. The van der Waals surface area contributed by atoms with Crippen molar-refractivity contribution in [1.29, 1.82) is 0 Å². The standard InChI is InChI=1S/C16H15BrN2O6/c1-24-10-4-6(19(22)23)2-3-9(10)18-15(20)11-7-5-8-12(11)16(21)25-14(8)13(7)17/h2-4,7-8,11-14H,5H2,1H3,(H,18,20)/t7-,8-,11-,12+,13+,14+/m1/s1. The van der Waals surface area contributed by atoms with Crippen molar-refractivity contribution in [2.75, 3.05) is 12.4 Å². The molecule has 2 saturated carbocycles.